The SMILES string of the molecule is Cc1cc(Br)ccc1CC(=O)C1CCC(=O)c2cccn21. The molecule has 0 fully saturated rings. The molecule has 3 rings (SSSR count). The second kappa shape index (κ2) is 5.60. The van der Waals surface area contributed by atoms with Crippen LogP contribution < -0.4 is 0 Å². The summed E-state index contributed by atoms with van der Waals surface area (Å²) in [6.45, 7) is 2.01. The Bertz CT molecular complexity index is 717. The van der Waals surface area contributed by atoms with E-state index in [2.05, 4.69) is 15.9 Å². The van der Waals surface area contributed by atoms with Gasteiger partial charge < -0.3 is 4.57 Å². The van der Waals surface area contributed by atoms with Crippen molar-refractivity contribution in [3.8, 4) is 0 Å². The lowest BCUT2D eigenvalue weighted by Crippen LogP contribution is -2.28. The van der Waals surface area contributed by atoms with Crippen molar-refractivity contribution in [3.63, 3.8) is 0 Å². The number of fused-ring (bicyclic) bond motifs is 1. The van der Waals surface area contributed by atoms with E-state index in [0.717, 1.165) is 15.6 Å². The van der Waals surface area contributed by atoms with Crippen molar-refractivity contribution in [2.24, 2.45) is 0 Å². The molecule has 1 unspecified atom stereocenters. The highest BCUT2D eigenvalue weighted by molar-refractivity contribution is 9.10. The van der Waals surface area contributed by atoms with E-state index in [9.17, 15) is 9.59 Å². The highest BCUT2D eigenvalue weighted by Crippen LogP contribution is 2.27. The molecule has 2 heterocycles. The number of aryl methyl sites for hydroxylation is 1. The maximum absolute atomic E-state index is 12.6. The third-order valence-electron chi connectivity index (χ3n) is 4.09. The minimum atomic E-state index is -0.212. The van der Waals surface area contributed by atoms with E-state index in [0.29, 0.717) is 25.0 Å². The van der Waals surface area contributed by atoms with E-state index >= 15 is 0 Å². The lowest BCUT2D eigenvalue weighted by molar-refractivity contribution is -0.121. The van der Waals surface area contributed by atoms with Gasteiger partial charge in [0.1, 0.15) is 0 Å². The average molecular weight is 346 g/mol. The molecule has 1 aromatic heterocycles. The summed E-state index contributed by atoms with van der Waals surface area (Å²) in [4.78, 5) is 24.5. The Hall–Kier alpha value is -1.68. The molecule has 3 nitrogen and oxygen atoms in total. The number of Topliss-reactive ketones (excluding diaryl/α,β-unsaturated/α-hetero) is 2. The van der Waals surface area contributed by atoms with Crippen LogP contribution in [-0.2, 0) is 11.2 Å². The number of ketones is 2. The lowest BCUT2D eigenvalue weighted by atomic mass is 9.94. The van der Waals surface area contributed by atoms with E-state index in [1.807, 2.05) is 42.0 Å². The predicted molar refractivity (Wildman–Crippen MR) is 84.6 cm³/mol. The molecular formula is C17H16BrNO2. The molecule has 0 saturated carbocycles. The van der Waals surface area contributed by atoms with Crippen LogP contribution in [0, 0.1) is 6.92 Å². The first kappa shape index (κ1) is 14.3. The Labute approximate surface area is 132 Å². The number of halogens is 1. The van der Waals surface area contributed by atoms with Crippen molar-refractivity contribution >= 4 is 27.5 Å². The molecular weight excluding hydrogens is 330 g/mol. The molecule has 108 valence electrons. The largest absolute Gasteiger partial charge is 0.335 e. The average Bonchev–Trinajstić information content (AvgIpc) is 2.92. The smallest absolute Gasteiger partial charge is 0.179 e. The quantitative estimate of drug-likeness (QED) is 0.846. The van der Waals surface area contributed by atoms with Gasteiger partial charge in [0.25, 0.3) is 0 Å². The number of aromatic nitrogens is 1. The summed E-state index contributed by atoms with van der Waals surface area (Å²) in [5.41, 5.74) is 2.82. The summed E-state index contributed by atoms with van der Waals surface area (Å²) in [7, 11) is 0. The first-order chi connectivity index (χ1) is 10.1. The Morgan fingerprint density at radius 3 is 2.95 bits per heavy atom. The van der Waals surface area contributed by atoms with E-state index in [1.165, 1.54) is 0 Å². The van der Waals surface area contributed by atoms with Crippen molar-refractivity contribution in [1.29, 1.82) is 0 Å². The second-order valence-electron chi connectivity index (χ2n) is 5.49. The zero-order valence-electron chi connectivity index (χ0n) is 11.8. The third kappa shape index (κ3) is 2.72. The van der Waals surface area contributed by atoms with Gasteiger partial charge in [0.15, 0.2) is 11.6 Å². The van der Waals surface area contributed by atoms with Crippen LogP contribution in [0.5, 0.6) is 0 Å². The van der Waals surface area contributed by atoms with Crippen LogP contribution in [0.3, 0.4) is 0 Å². The van der Waals surface area contributed by atoms with Crippen LogP contribution in [0.1, 0.15) is 40.5 Å². The Kier molecular flexibility index (Phi) is 3.81. The number of nitrogens with zero attached hydrogens (tertiary/aromatic N) is 1. The Morgan fingerprint density at radius 2 is 2.19 bits per heavy atom. The summed E-state index contributed by atoms with van der Waals surface area (Å²) < 4.78 is 2.86. The Balaban J connectivity index is 1.84. The molecule has 0 aliphatic carbocycles. The minimum Gasteiger partial charge on any atom is -0.335 e. The number of carbonyl (C=O) groups excluding carboxylic acids is 2. The normalized spacial score (nSPS) is 17.6. The van der Waals surface area contributed by atoms with E-state index in [-0.39, 0.29) is 17.6 Å². The Morgan fingerprint density at radius 1 is 1.38 bits per heavy atom. The summed E-state index contributed by atoms with van der Waals surface area (Å²) in [6, 6.07) is 9.39. The summed E-state index contributed by atoms with van der Waals surface area (Å²) in [5, 5.41) is 0. The molecule has 1 aliphatic rings. The third-order valence-corrected chi connectivity index (χ3v) is 4.58. The number of rotatable bonds is 3. The number of hydrogen-bond donors (Lipinski definition) is 0. The minimum absolute atomic E-state index is 0.129. The van der Waals surface area contributed by atoms with Gasteiger partial charge in [-0.15, -0.1) is 0 Å². The number of carbonyl (C=O) groups is 2. The fraction of sp³-hybridized carbons (Fsp3) is 0.294. The van der Waals surface area contributed by atoms with Gasteiger partial charge in [-0.1, -0.05) is 22.0 Å². The zero-order chi connectivity index (χ0) is 15.0. The molecule has 1 aromatic carbocycles. The monoisotopic (exact) mass is 345 g/mol. The van der Waals surface area contributed by atoms with Gasteiger partial charge in [0.05, 0.1) is 11.7 Å². The highest BCUT2D eigenvalue weighted by Gasteiger charge is 2.29. The molecule has 0 radical (unpaired) electrons. The highest BCUT2D eigenvalue weighted by atomic mass is 79.9. The summed E-state index contributed by atoms with van der Waals surface area (Å²) >= 11 is 3.44. The summed E-state index contributed by atoms with van der Waals surface area (Å²) in [5.74, 6) is 0.300. The van der Waals surface area contributed by atoms with Gasteiger partial charge >= 0.3 is 0 Å². The molecule has 4 heteroatoms. The predicted octanol–water partition coefficient (Wildman–Crippen LogP) is 3.89. The maximum Gasteiger partial charge on any atom is 0.179 e. The maximum atomic E-state index is 12.6. The molecule has 1 aliphatic heterocycles. The standard InChI is InChI=1S/C17H16BrNO2/c1-11-9-13(18)5-4-12(11)10-17(21)15-6-7-16(20)14-3-2-8-19(14)15/h2-5,8-9,15H,6-7,10H2,1H3. The van der Waals surface area contributed by atoms with Crippen molar-refractivity contribution in [1.82, 2.24) is 4.57 Å². The molecule has 1 atom stereocenters. The summed E-state index contributed by atoms with van der Waals surface area (Å²) in [6.07, 6.45) is 3.31. The van der Waals surface area contributed by atoms with E-state index in [4.69, 9.17) is 0 Å². The first-order valence-electron chi connectivity index (χ1n) is 7.04. The number of benzene rings is 1. The van der Waals surface area contributed by atoms with Crippen LogP contribution in [0.4, 0.5) is 0 Å². The lowest BCUT2D eigenvalue weighted by Gasteiger charge is -2.24. The molecule has 0 bridgehead atoms. The first-order valence-corrected chi connectivity index (χ1v) is 7.83. The van der Waals surface area contributed by atoms with E-state index in [1.54, 1.807) is 6.07 Å². The molecule has 0 amide bonds. The van der Waals surface area contributed by atoms with Crippen LogP contribution in [0.2, 0.25) is 0 Å². The topological polar surface area (TPSA) is 39.1 Å². The fourth-order valence-corrected chi connectivity index (χ4v) is 3.39. The van der Waals surface area contributed by atoms with Gasteiger partial charge in [-0.25, -0.2) is 0 Å². The second-order valence-corrected chi connectivity index (χ2v) is 6.41. The number of hydrogen-bond acceptors (Lipinski definition) is 2. The molecule has 0 N–H and O–H groups in total. The van der Waals surface area contributed by atoms with Gasteiger partial charge in [-0.05, 0) is 48.7 Å². The van der Waals surface area contributed by atoms with Gasteiger partial charge in [0.2, 0.25) is 0 Å². The van der Waals surface area contributed by atoms with E-state index < -0.39 is 0 Å². The molecule has 0 spiro atoms. The zero-order valence-corrected chi connectivity index (χ0v) is 13.4. The molecule has 0 saturated heterocycles. The van der Waals surface area contributed by atoms with Crippen LogP contribution >= 0.6 is 15.9 Å². The molecule has 2 aromatic rings. The van der Waals surface area contributed by atoms with Gasteiger partial charge in [0, 0.05) is 23.5 Å². The van der Waals surface area contributed by atoms with Crippen molar-refractivity contribution in [3.05, 3.63) is 57.8 Å². The van der Waals surface area contributed by atoms with Crippen molar-refractivity contribution in [2.75, 3.05) is 0 Å². The van der Waals surface area contributed by atoms with Crippen LogP contribution in [0.25, 0.3) is 0 Å². The van der Waals surface area contributed by atoms with Crippen LogP contribution in [-0.4, -0.2) is 16.1 Å². The fourth-order valence-electron chi connectivity index (χ4n) is 2.92. The van der Waals surface area contributed by atoms with Gasteiger partial charge in [-0.2, -0.15) is 0 Å². The van der Waals surface area contributed by atoms with Crippen LogP contribution in [0.15, 0.2) is 41.0 Å². The van der Waals surface area contributed by atoms with Crippen molar-refractivity contribution in [2.45, 2.75) is 32.2 Å². The van der Waals surface area contributed by atoms with Crippen molar-refractivity contribution < 1.29 is 9.59 Å². The van der Waals surface area contributed by atoms with Gasteiger partial charge in [-0.3, -0.25) is 9.59 Å². The molecule has 21 heavy (non-hydrogen) atoms.